The maximum absolute atomic E-state index is 11.0. The van der Waals surface area contributed by atoms with Gasteiger partial charge in [0.25, 0.3) is 0 Å². The van der Waals surface area contributed by atoms with Crippen molar-refractivity contribution in [1.29, 1.82) is 0 Å². The summed E-state index contributed by atoms with van der Waals surface area (Å²) in [5.74, 6) is 0.438. The molecule has 6 heteroatoms. The van der Waals surface area contributed by atoms with E-state index in [0.29, 0.717) is 13.0 Å². The monoisotopic (exact) mass is 208 g/mol. The van der Waals surface area contributed by atoms with E-state index in [4.69, 9.17) is 10.8 Å². The first kappa shape index (κ1) is 10.9. The van der Waals surface area contributed by atoms with Crippen LogP contribution >= 0.6 is 0 Å². The molecular formula is C7H16N2O3S. The van der Waals surface area contributed by atoms with Gasteiger partial charge in [-0.3, -0.25) is 0 Å². The van der Waals surface area contributed by atoms with Gasteiger partial charge in [0.1, 0.15) is 0 Å². The van der Waals surface area contributed by atoms with Gasteiger partial charge in [-0.05, 0) is 6.42 Å². The molecule has 0 amide bonds. The lowest BCUT2D eigenvalue weighted by atomic mass is 10.2. The molecule has 0 aromatic heterocycles. The van der Waals surface area contributed by atoms with Gasteiger partial charge < -0.3 is 16.2 Å². The number of rotatable bonds is 4. The standard InChI is InChI=1S/C7H16N2O3S/c8-3-7(10)4-9-6-1-2-13(11,12)5-6/h6-7,9-10H,1-5,8H2. The summed E-state index contributed by atoms with van der Waals surface area (Å²) in [6, 6.07) is -0.00815. The van der Waals surface area contributed by atoms with Gasteiger partial charge >= 0.3 is 0 Å². The Labute approximate surface area is 78.2 Å². The molecule has 0 aromatic carbocycles. The van der Waals surface area contributed by atoms with Crippen molar-refractivity contribution in [2.24, 2.45) is 5.73 Å². The van der Waals surface area contributed by atoms with E-state index < -0.39 is 15.9 Å². The average molecular weight is 208 g/mol. The van der Waals surface area contributed by atoms with Crippen LogP contribution in [0.25, 0.3) is 0 Å². The number of hydrogen-bond donors (Lipinski definition) is 3. The topological polar surface area (TPSA) is 92.4 Å². The summed E-state index contributed by atoms with van der Waals surface area (Å²) in [5.41, 5.74) is 5.20. The van der Waals surface area contributed by atoms with Crippen molar-refractivity contribution < 1.29 is 13.5 Å². The summed E-state index contributed by atoms with van der Waals surface area (Å²) in [4.78, 5) is 0. The van der Waals surface area contributed by atoms with Crippen LogP contribution in [0.3, 0.4) is 0 Å². The highest BCUT2D eigenvalue weighted by atomic mass is 32.2. The van der Waals surface area contributed by atoms with Crippen LogP contribution in [0, 0.1) is 0 Å². The van der Waals surface area contributed by atoms with Crippen molar-refractivity contribution in [3.63, 3.8) is 0 Å². The smallest absolute Gasteiger partial charge is 0.151 e. The Hall–Kier alpha value is -0.170. The SMILES string of the molecule is NCC(O)CNC1CCS(=O)(=O)C1. The molecule has 1 saturated heterocycles. The van der Waals surface area contributed by atoms with Crippen LogP contribution < -0.4 is 11.1 Å². The fraction of sp³-hybridized carbons (Fsp3) is 1.00. The summed E-state index contributed by atoms with van der Waals surface area (Å²) in [6.07, 6.45) is 0.0582. The zero-order valence-corrected chi connectivity index (χ0v) is 8.26. The second-order valence-corrected chi connectivity index (χ2v) is 5.63. The molecule has 1 aliphatic rings. The Kier molecular flexibility index (Phi) is 3.66. The number of sulfone groups is 1. The first-order valence-corrected chi connectivity index (χ1v) is 6.17. The zero-order valence-electron chi connectivity index (χ0n) is 7.44. The van der Waals surface area contributed by atoms with Gasteiger partial charge in [0.2, 0.25) is 0 Å². The second-order valence-electron chi connectivity index (χ2n) is 3.40. The molecule has 0 aromatic rings. The maximum atomic E-state index is 11.0. The van der Waals surface area contributed by atoms with Gasteiger partial charge in [-0.15, -0.1) is 0 Å². The van der Waals surface area contributed by atoms with Crippen LogP contribution in [-0.4, -0.2) is 50.3 Å². The highest BCUT2D eigenvalue weighted by molar-refractivity contribution is 7.91. The summed E-state index contributed by atoms with van der Waals surface area (Å²) in [5, 5.41) is 12.1. The molecule has 2 atom stereocenters. The van der Waals surface area contributed by atoms with Crippen LogP contribution in [0.15, 0.2) is 0 Å². The third-order valence-electron chi connectivity index (χ3n) is 2.15. The molecule has 13 heavy (non-hydrogen) atoms. The first-order chi connectivity index (χ1) is 6.03. The summed E-state index contributed by atoms with van der Waals surface area (Å²) < 4.78 is 22.1. The van der Waals surface area contributed by atoms with Crippen molar-refractivity contribution in [3.8, 4) is 0 Å². The van der Waals surface area contributed by atoms with Crippen LogP contribution in [0.1, 0.15) is 6.42 Å². The minimum Gasteiger partial charge on any atom is -0.390 e. The fourth-order valence-electron chi connectivity index (χ4n) is 1.34. The maximum Gasteiger partial charge on any atom is 0.151 e. The van der Waals surface area contributed by atoms with Gasteiger partial charge in [-0.25, -0.2) is 8.42 Å². The quantitative estimate of drug-likeness (QED) is 0.501. The molecule has 2 unspecified atom stereocenters. The van der Waals surface area contributed by atoms with Gasteiger partial charge in [0.15, 0.2) is 9.84 Å². The van der Waals surface area contributed by atoms with E-state index in [0.717, 1.165) is 0 Å². The van der Waals surface area contributed by atoms with Crippen molar-refractivity contribution >= 4 is 9.84 Å². The molecule has 0 saturated carbocycles. The van der Waals surface area contributed by atoms with Crippen molar-refractivity contribution in [2.75, 3.05) is 24.6 Å². The lowest BCUT2D eigenvalue weighted by molar-refractivity contribution is 0.176. The van der Waals surface area contributed by atoms with E-state index in [1.807, 2.05) is 0 Å². The Balaban J connectivity index is 2.25. The molecule has 1 aliphatic heterocycles. The number of aliphatic hydroxyl groups excluding tert-OH is 1. The zero-order chi connectivity index (χ0) is 9.90. The van der Waals surface area contributed by atoms with E-state index in [2.05, 4.69) is 5.32 Å². The molecule has 0 aliphatic carbocycles. The van der Waals surface area contributed by atoms with E-state index in [-0.39, 0.29) is 24.1 Å². The normalized spacial score (nSPS) is 28.9. The van der Waals surface area contributed by atoms with Gasteiger partial charge in [-0.1, -0.05) is 0 Å². The summed E-state index contributed by atoms with van der Waals surface area (Å²) >= 11 is 0. The molecule has 1 fully saturated rings. The van der Waals surface area contributed by atoms with Crippen LogP contribution in [0.5, 0.6) is 0 Å². The Morgan fingerprint density at radius 1 is 1.62 bits per heavy atom. The van der Waals surface area contributed by atoms with Gasteiger partial charge in [0.05, 0.1) is 17.6 Å². The Bertz CT molecular complexity index is 252. The molecule has 0 spiro atoms. The number of aliphatic hydroxyl groups is 1. The molecular weight excluding hydrogens is 192 g/mol. The highest BCUT2D eigenvalue weighted by Crippen LogP contribution is 2.10. The largest absolute Gasteiger partial charge is 0.390 e. The lowest BCUT2D eigenvalue weighted by Crippen LogP contribution is -2.39. The van der Waals surface area contributed by atoms with E-state index in [1.165, 1.54) is 0 Å². The van der Waals surface area contributed by atoms with Crippen LogP contribution in [0.2, 0.25) is 0 Å². The molecule has 0 radical (unpaired) electrons. The lowest BCUT2D eigenvalue weighted by Gasteiger charge is -2.13. The number of nitrogens with two attached hydrogens (primary N) is 1. The van der Waals surface area contributed by atoms with Crippen molar-refractivity contribution in [2.45, 2.75) is 18.6 Å². The van der Waals surface area contributed by atoms with Crippen LogP contribution in [0.4, 0.5) is 0 Å². The fourth-order valence-corrected chi connectivity index (χ4v) is 3.05. The molecule has 0 bridgehead atoms. The minimum absolute atomic E-state index is 0.00815. The predicted octanol–water partition coefficient (Wildman–Crippen LogP) is -1.92. The van der Waals surface area contributed by atoms with E-state index in [9.17, 15) is 8.42 Å². The molecule has 1 heterocycles. The van der Waals surface area contributed by atoms with E-state index in [1.54, 1.807) is 0 Å². The van der Waals surface area contributed by atoms with Crippen molar-refractivity contribution in [3.05, 3.63) is 0 Å². The average Bonchev–Trinajstić information content (AvgIpc) is 2.41. The molecule has 4 N–H and O–H groups in total. The number of hydrogen-bond acceptors (Lipinski definition) is 5. The third-order valence-corrected chi connectivity index (χ3v) is 3.91. The summed E-state index contributed by atoms with van der Waals surface area (Å²) in [7, 11) is -2.83. The van der Waals surface area contributed by atoms with E-state index >= 15 is 0 Å². The second kappa shape index (κ2) is 4.36. The molecule has 78 valence electrons. The minimum atomic E-state index is -2.83. The highest BCUT2D eigenvalue weighted by Gasteiger charge is 2.27. The number of nitrogens with one attached hydrogen (secondary N) is 1. The Morgan fingerprint density at radius 3 is 2.77 bits per heavy atom. The van der Waals surface area contributed by atoms with Gasteiger partial charge in [-0.2, -0.15) is 0 Å². The Morgan fingerprint density at radius 2 is 2.31 bits per heavy atom. The first-order valence-electron chi connectivity index (χ1n) is 4.35. The molecule has 1 rings (SSSR count). The third kappa shape index (κ3) is 3.60. The van der Waals surface area contributed by atoms with Gasteiger partial charge in [0, 0.05) is 19.1 Å². The van der Waals surface area contributed by atoms with Crippen LogP contribution in [-0.2, 0) is 9.84 Å². The predicted molar refractivity (Wildman–Crippen MR) is 50.1 cm³/mol. The summed E-state index contributed by atoms with van der Waals surface area (Å²) in [6.45, 7) is 0.573. The van der Waals surface area contributed by atoms with Crippen molar-refractivity contribution in [1.82, 2.24) is 5.32 Å². The molecule has 5 nitrogen and oxygen atoms in total.